The van der Waals surface area contributed by atoms with Gasteiger partial charge in [0.15, 0.2) is 0 Å². The fraction of sp³-hybridized carbons (Fsp3) is 0.267. The minimum Gasteiger partial charge on any atom is -0.394 e. The number of aliphatic hydroxyl groups excluding tert-OH is 1. The lowest BCUT2D eigenvalue weighted by Gasteiger charge is -2.17. The van der Waals surface area contributed by atoms with Gasteiger partial charge < -0.3 is 16.2 Å². The Morgan fingerprint density at radius 1 is 1.11 bits per heavy atom. The van der Waals surface area contributed by atoms with E-state index < -0.39 is 0 Å². The van der Waals surface area contributed by atoms with Crippen LogP contribution in [0.15, 0.2) is 48.5 Å². The Bertz CT molecular complexity index is 502. The summed E-state index contributed by atoms with van der Waals surface area (Å²) in [6.45, 7) is 0.474. The van der Waals surface area contributed by atoms with E-state index in [1.54, 1.807) is 0 Å². The van der Waals surface area contributed by atoms with Crippen molar-refractivity contribution < 1.29 is 5.11 Å². The normalized spacial score (nSPS) is 12.1. The summed E-state index contributed by atoms with van der Waals surface area (Å²) in [5.74, 6) is 0.748. The average molecular weight is 257 g/mol. The maximum atomic E-state index is 9.46. The summed E-state index contributed by atoms with van der Waals surface area (Å²) in [5, 5.41) is 12.7. The van der Waals surface area contributed by atoms with Crippen LogP contribution < -0.4 is 11.1 Å². The lowest BCUT2D eigenvalue weighted by atomic mass is 10.1. The molecule has 4 nitrogen and oxygen atoms in total. The van der Waals surface area contributed by atoms with E-state index in [0.29, 0.717) is 6.54 Å². The van der Waals surface area contributed by atoms with E-state index in [4.69, 9.17) is 5.73 Å². The van der Waals surface area contributed by atoms with Crippen LogP contribution in [-0.2, 0) is 13.0 Å². The van der Waals surface area contributed by atoms with Crippen molar-refractivity contribution in [3.63, 3.8) is 0 Å². The van der Waals surface area contributed by atoms with Gasteiger partial charge in [0, 0.05) is 6.54 Å². The molecule has 0 saturated heterocycles. The fourth-order valence-electron chi connectivity index (χ4n) is 1.94. The van der Waals surface area contributed by atoms with E-state index in [2.05, 4.69) is 10.3 Å². The number of hydrogen-bond donors (Lipinski definition) is 3. The van der Waals surface area contributed by atoms with E-state index in [1.165, 1.54) is 5.56 Å². The first-order valence-electron chi connectivity index (χ1n) is 6.39. The molecule has 19 heavy (non-hydrogen) atoms. The molecule has 0 radical (unpaired) electrons. The smallest absolute Gasteiger partial charge is 0.126 e. The minimum absolute atomic E-state index is 0.0528. The first-order chi connectivity index (χ1) is 9.31. The molecule has 0 amide bonds. The fourth-order valence-corrected chi connectivity index (χ4v) is 1.94. The number of benzene rings is 1. The van der Waals surface area contributed by atoms with Crippen LogP contribution in [0.4, 0.5) is 5.82 Å². The van der Waals surface area contributed by atoms with E-state index in [1.807, 2.05) is 48.5 Å². The van der Waals surface area contributed by atoms with Gasteiger partial charge in [-0.1, -0.05) is 36.4 Å². The molecular weight excluding hydrogens is 238 g/mol. The molecule has 1 aromatic carbocycles. The van der Waals surface area contributed by atoms with Crippen LogP contribution in [0.2, 0.25) is 0 Å². The highest BCUT2D eigenvalue weighted by atomic mass is 16.3. The van der Waals surface area contributed by atoms with Crippen molar-refractivity contribution in [2.45, 2.75) is 19.0 Å². The van der Waals surface area contributed by atoms with Gasteiger partial charge in [-0.25, -0.2) is 4.98 Å². The number of pyridine rings is 1. The third kappa shape index (κ3) is 4.05. The monoisotopic (exact) mass is 257 g/mol. The molecule has 1 atom stereocenters. The highest BCUT2D eigenvalue weighted by Crippen LogP contribution is 2.10. The van der Waals surface area contributed by atoms with Gasteiger partial charge in [0.25, 0.3) is 0 Å². The van der Waals surface area contributed by atoms with Gasteiger partial charge in [-0.05, 0) is 24.1 Å². The Morgan fingerprint density at radius 2 is 1.89 bits per heavy atom. The van der Waals surface area contributed by atoms with E-state index in [0.717, 1.165) is 17.9 Å². The van der Waals surface area contributed by atoms with E-state index in [-0.39, 0.29) is 12.6 Å². The Morgan fingerprint density at radius 3 is 2.58 bits per heavy atom. The number of aromatic nitrogens is 1. The number of nitrogens with two attached hydrogens (primary N) is 1. The quantitative estimate of drug-likeness (QED) is 0.734. The topological polar surface area (TPSA) is 71.2 Å². The number of hydrogen-bond acceptors (Lipinski definition) is 4. The third-order valence-corrected chi connectivity index (χ3v) is 2.91. The zero-order valence-electron chi connectivity index (χ0n) is 10.8. The summed E-state index contributed by atoms with van der Waals surface area (Å²) < 4.78 is 0. The maximum Gasteiger partial charge on any atom is 0.126 e. The SMILES string of the molecule is NCc1cccc(NC(CO)Cc2ccccc2)n1. The number of nitrogens with zero attached hydrogens (tertiary/aromatic N) is 1. The Kier molecular flexibility index (Phi) is 4.89. The second-order valence-electron chi connectivity index (χ2n) is 4.43. The molecule has 2 aromatic rings. The van der Waals surface area contributed by atoms with Crippen molar-refractivity contribution in [3.8, 4) is 0 Å². The lowest BCUT2D eigenvalue weighted by molar-refractivity contribution is 0.273. The van der Waals surface area contributed by atoms with Gasteiger partial charge in [0.2, 0.25) is 0 Å². The van der Waals surface area contributed by atoms with Crippen molar-refractivity contribution in [2.75, 3.05) is 11.9 Å². The molecule has 0 aliphatic heterocycles. The maximum absolute atomic E-state index is 9.46. The van der Waals surface area contributed by atoms with Crippen LogP contribution in [0.1, 0.15) is 11.3 Å². The van der Waals surface area contributed by atoms with Crippen molar-refractivity contribution in [1.29, 1.82) is 0 Å². The minimum atomic E-state index is -0.0528. The number of nitrogens with one attached hydrogen (secondary N) is 1. The van der Waals surface area contributed by atoms with Crippen molar-refractivity contribution in [2.24, 2.45) is 5.73 Å². The van der Waals surface area contributed by atoms with Gasteiger partial charge in [-0.2, -0.15) is 0 Å². The first kappa shape index (κ1) is 13.5. The second kappa shape index (κ2) is 6.87. The Hall–Kier alpha value is -1.91. The molecule has 0 aliphatic rings. The standard InChI is InChI=1S/C15H19N3O/c16-10-13-7-4-8-15(17-13)18-14(11-19)9-12-5-2-1-3-6-12/h1-8,14,19H,9-11,16H2,(H,17,18). The molecule has 2 rings (SSSR count). The molecule has 1 aromatic heterocycles. The largest absolute Gasteiger partial charge is 0.394 e. The molecule has 100 valence electrons. The van der Waals surface area contributed by atoms with Crippen LogP contribution in [0.25, 0.3) is 0 Å². The zero-order valence-corrected chi connectivity index (χ0v) is 10.8. The molecule has 4 heteroatoms. The summed E-state index contributed by atoms with van der Waals surface area (Å²) in [4.78, 5) is 4.37. The average Bonchev–Trinajstić information content (AvgIpc) is 2.48. The highest BCUT2D eigenvalue weighted by molar-refractivity contribution is 5.37. The van der Waals surface area contributed by atoms with Crippen LogP contribution in [0.3, 0.4) is 0 Å². The number of aliphatic hydroxyl groups is 1. The van der Waals surface area contributed by atoms with Crippen LogP contribution in [-0.4, -0.2) is 22.7 Å². The third-order valence-electron chi connectivity index (χ3n) is 2.91. The van der Waals surface area contributed by atoms with Gasteiger partial charge in [-0.15, -0.1) is 0 Å². The van der Waals surface area contributed by atoms with Crippen LogP contribution in [0.5, 0.6) is 0 Å². The van der Waals surface area contributed by atoms with E-state index >= 15 is 0 Å². The van der Waals surface area contributed by atoms with Crippen molar-refractivity contribution >= 4 is 5.82 Å². The molecule has 0 fully saturated rings. The Balaban J connectivity index is 2.02. The predicted molar refractivity (Wildman–Crippen MR) is 76.8 cm³/mol. The summed E-state index contributed by atoms with van der Waals surface area (Å²) in [6.07, 6.45) is 0.756. The summed E-state index contributed by atoms with van der Waals surface area (Å²) in [7, 11) is 0. The molecule has 4 N–H and O–H groups in total. The molecule has 0 aliphatic carbocycles. The van der Waals surface area contributed by atoms with Gasteiger partial charge >= 0.3 is 0 Å². The number of anilines is 1. The molecule has 1 heterocycles. The zero-order chi connectivity index (χ0) is 13.5. The van der Waals surface area contributed by atoms with E-state index in [9.17, 15) is 5.11 Å². The van der Waals surface area contributed by atoms with Crippen molar-refractivity contribution in [1.82, 2.24) is 4.98 Å². The van der Waals surface area contributed by atoms with Gasteiger partial charge in [0.05, 0.1) is 18.3 Å². The van der Waals surface area contributed by atoms with Gasteiger partial charge in [-0.3, -0.25) is 0 Å². The van der Waals surface area contributed by atoms with Gasteiger partial charge in [0.1, 0.15) is 5.82 Å². The summed E-state index contributed by atoms with van der Waals surface area (Å²) in [5.41, 5.74) is 7.58. The molecule has 1 unspecified atom stereocenters. The molecular formula is C15H19N3O. The predicted octanol–water partition coefficient (Wildman–Crippen LogP) is 1.56. The highest BCUT2D eigenvalue weighted by Gasteiger charge is 2.09. The van der Waals surface area contributed by atoms with Crippen molar-refractivity contribution in [3.05, 3.63) is 59.8 Å². The number of rotatable bonds is 6. The second-order valence-corrected chi connectivity index (χ2v) is 4.43. The van der Waals surface area contributed by atoms with Crippen LogP contribution >= 0.6 is 0 Å². The molecule has 0 saturated carbocycles. The lowest BCUT2D eigenvalue weighted by Crippen LogP contribution is -2.27. The Labute approximate surface area is 113 Å². The molecule has 0 spiro atoms. The van der Waals surface area contributed by atoms with Crippen LogP contribution in [0, 0.1) is 0 Å². The molecule has 0 bridgehead atoms. The summed E-state index contributed by atoms with van der Waals surface area (Å²) in [6, 6.07) is 15.7. The summed E-state index contributed by atoms with van der Waals surface area (Å²) >= 11 is 0. The first-order valence-corrected chi connectivity index (χ1v) is 6.39.